The van der Waals surface area contributed by atoms with Crippen molar-refractivity contribution in [2.45, 2.75) is 51.9 Å². The van der Waals surface area contributed by atoms with Gasteiger partial charge >= 0.3 is 0 Å². The first-order valence-corrected chi connectivity index (χ1v) is 6.75. The Morgan fingerprint density at radius 1 is 1.25 bits per heavy atom. The number of carbonyl (C=O) groups is 1. The molecule has 1 fully saturated rings. The quantitative estimate of drug-likeness (QED) is 0.681. The molecule has 1 saturated carbocycles. The highest BCUT2D eigenvalue weighted by molar-refractivity contribution is 5.78. The minimum Gasteiger partial charge on any atom is -0.356 e. The van der Waals surface area contributed by atoms with Crippen LogP contribution in [0.25, 0.3) is 0 Å². The predicted octanol–water partition coefficient (Wildman–Crippen LogP) is 2.06. The van der Waals surface area contributed by atoms with Crippen LogP contribution >= 0.6 is 0 Å². The largest absolute Gasteiger partial charge is 0.356 e. The number of rotatable bonds is 6. The summed E-state index contributed by atoms with van der Waals surface area (Å²) in [7, 11) is 0. The number of amides is 1. The molecule has 94 valence electrons. The summed E-state index contributed by atoms with van der Waals surface area (Å²) in [6, 6.07) is 0. The fourth-order valence-corrected chi connectivity index (χ4v) is 2.39. The summed E-state index contributed by atoms with van der Waals surface area (Å²) in [5, 5.41) is 3.05. The second-order valence-corrected chi connectivity index (χ2v) is 4.95. The molecular formula is C13H26N2O. The lowest BCUT2D eigenvalue weighted by Crippen LogP contribution is -2.34. The van der Waals surface area contributed by atoms with Crippen molar-refractivity contribution in [1.82, 2.24) is 5.32 Å². The molecule has 1 rings (SSSR count). The van der Waals surface area contributed by atoms with Crippen LogP contribution in [0.2, 0.25) is 0 Å². The number of nitrogens with two attached hydrogens (primary N) is 1. The van der Waals surface area contributed by atoms with E-state index >= 15 is 0 Å². The van der Waals surface area contributed by atoms with Gasteiger partial charge in [-0.1, -0.05) is 19.8 Å². The highest BCUT2D eigenvalue weighted by Crippen LogP contribution is 2.28. The van der Waals surface area contributed by atoms with E-state index in [1.54, 1.807) is 0 Å². The predicted molar refractivity (Wildman–Crippen MR) is 67.0 cm³/mol. The molecule has 1 amide bonds. The number of nitrogens with one attached hydrogen (secondary N) is 1. The van der Waals surface area contributed by atoms with E-state index < -0.39 is 0 Å². The molecule has 0 aromatic carbocycles. The third-order valence-electron chi connectivity index (χ3n) is 3.63. The van der Waals surface area contributed by atoms with E-state index in [4.69, 9.17) is 5.73 Å². The maximum absolute atomic E-state index is 11.8. The van der Waals surface area contributed by atoms with Gasteiger partial charge in [0.25, 0.3) is 0 Å². The van der Waals surface area contributed by atoms with Crippen LogP contribution < -0.4 is 11.1 Å². The van der Waals surface area contributed by atoms with E-state index in [1.165, 1.54) is 12.8 Å². The van der Waals surface area contributed by atoms with Gasteiger partial charge in [-0.2, -0.15) is 0 Å². The fraction of sp³-hybridized carbons (Fsp3) is 0.923. The van der Waals surface area contributed by atoms with Crippen molar-refractivity contribution in [3.8, 4) is 0 Å². The SMILES string of the molecule is CCCCCNC(=O)C1CCC(CN)CC1. The standard InChI is InChI=1S/C13H26N2O/c1-2-3-4-9-15-13(16)12-7-5-11(10-14)6-8-12/h11-12H,2-10,14H2,1H3,(H,15,16). The first-order chi connectivity index (χ1) is 7.77. The third-order valence-corrected chi connectivity index (χ3v) is 3.63. The molecule has 0 aromatic heterocycles. The lowest BCUT2D eigenvalue weighted by Gasteiger charge is -2.26. The monoisotopic (exact) mass is 226 g/mol. The second kappa shape index (κ2) is 7.66. The Morgan fingerprint density at radius 2 is 1.94 bits per heavy atom. The zero-order valence-electron chi connectivity index (χ0n) is 10.5. The Kier molecular flexibility index (Phi) is 6.46. The Hall–Kier alpha value is -0.570. The summed E-state index contributed by atoms with van der Waals surface area (Å²) < 4.78 is 0. The molecule has 0 unspecified atom stereocenters. The van der Waals surface area contributed by atoms with E-state index in [0.29, 0.717) is 5.92 Å². The van der Waals surface area contributed by atoms with Crippen molar-refractivity contribution in [2.75, 3.05) is 13.1 Å². The summed E-state index contributed by atoms with van der Waals surface area (Å²) in [6.45, 7) is 3.81. The lowest BCUT2D eigenvalue weighted by molar-refractivity contribution is -0.126. The maximum Gasteiger partial charge on any atom is 0.223 e. The zero-order valence-corrected chi connectivity index (χ0v) is 10.5. The Morgan fingerprint density at radius 3 is 2.50 bits per heavy atom. The first kappa shape index (κ1) is 13.5. The molecule has 0 aliphatic heterocycles. The molecular weight excluding hydrogens is 200 g/mol. The van der Waals surface area contributed by atoms with E-state index in [0.717, 1.165) is 45.2 Å². The molecule has 1 aliphatic carbocycles. The van der Waals surface area contributed by atoms with Crippen molar-refractivity contribution in [2.24, 2.45) is 17.6 Å². The van der Waals surface area contributed by atoms with Crippen LogP contribution in [0.15, 0.2) is 0 Å². The van der Waals surface area contributed by atoms with Crippen LogP contribution in [0.1, 0.15) is 51.9 Å². The van der Waals surface area contributed by atoms with Crippen molar-refractivity contribution in [1.29, 1.82) is 0 Å². The average Bonchev–Trinajstić information content (AvgIpc) is 2.34. The van der Waals surface area contributed by atoms with Gasteiger partial charge in [-0.25, -0.2) is 0 Å². The normalized spacial score (nSPS) is 25.4. The van der Waals surface area contributed by atoms with Crippen molar-refractivity contribution >= 4 is 5.91 Å². The van der Waals surface area contributed by atoms with Crippen molar-refractivity contribution in [3.05, 3.63) is 0 Å². The van der Waals surface area contributed by atoms with Crippen molar-refractivity contribution in [3.63, 3.8) is 0 Å². The molecule has 1 aliphatic rings. The molecule has 0 saturated heterocycles. The van der Waals surface area contributed by atoms with Gasteiger partial charge in [0, 0.05) is 12.5 Å². The first-order valence-electron chi connectivity index (χ1n) is 6.75. The number of hydrogen-bond donors (Lipinski definition) is 2. The van der Waals surface area contributed by atoms with Gasteiger partial charge in [-0.15, -0.1) is 0 Å². The van der Waals surface area contributed by atoms with E-state index in [1.807, 2.05) is 0 Å². The van der Waals surface area contributed by atoms with E-state index in [9.17, 15) is 4.79 Å². The molecule has 0 spiro atoms. The van der Waals surface area contributed by atoms with Crippen LogP contribution in [-0.2, 0) is 4.79 Å². The topological polar surface area (TPSA) is 55.1 Å². The Labute approximate surface area is 99.2 Å². The molecule has 0 radical (unpaired) electrons. The Bertz CT molecular complexity index is 198. The lowest BCUT2D eigenvalue weighted by atomic mass is 9.81. The fourth-order valence-electron chi connectivity index (χ4n) is 2.39. The molecule has 16 heavy (non-hydrogen) atoms. The van der Waals surface area contributed by atoms with Crippen LogP contribution in [-0.4, -0.2) is 19.0 Å². The van der Waals surface area contributed by atoms with Gasteiger partial charge in [0.2, 0.25) is 5.91 Å². The van der Waals surface area contributed by atoms with Gasteiger partial charge in [0.15, 0.2) is 0 Å². The Balaban J connectivity index is 2.13. The summed E-state index contributed by atoms with van der Waals surface area (Å²) in [4.78, 5) is 11.8. The summed E-state index contributed by atoms with van der Waals surface area (Å²) in [5.74, 6) is 1.18. The van der Waals surface area contributed by atoms with Gasteiger partial charge in [-0.3, -0.25) is 4.79 Å². The van der Waals surface area contributed by atoms with Crippen LogP contribution in [0.3, 0.4) is 0 Å². The maximum atomic E-state index is 11.8. The number of hydrogen-bond acceptors (Lipinski definition) is 2. The summed E-state index contributed by atoms with van der Waals surface area (Å²) >= 11 is 0. The van der Waals surface area contributed by atoms with Crippen LogP contribution in [0, 0.1) is 11.8 Å². The van der Waals surface area contributed by atoms with Gasteiger partial charge in [0.05, 0.1) is 0 Å². The van der Waals surface area contributed by atoms with Crippen LogP contribution in [0.5, 0.6) is 0 Å². The molecule has 0 bridgehead atoms. The van der Waals surface area contributed by atoms with Gasteiger partial charge in [0.1, 0.15) is 0 Å². The second-order valence-electron chi connectivity index (χ2n) is 4.95. The third kappa shape index (κ3) is 4.52. The van der Waals surface area contributed by atoms with Gasteiger partial charge < -0.3 is 11.1 Å². The minimum atomic E-state index is 0.254. The molecule has 0 heterocycles. The van der Waals surface area contributed by atoms with Crippen LogP contribution in [0.4, 0.5) is 0 Å². The zero-order chi connectivity index (χ0) is 11.8. The van der Waals surface area contributed by atoms with E-state index in [2.05, 4.69) is 12.2 Å². The number of unbranched alkanes of at least 4 members (excludes halogenated alkanes) is 2. The van der Waals surface area contributed by atoms with E-state index in [-0.39, 0.29) is 11.8 Å². The number of carbonyl (C=O) groups excluding carboxylic acids is 1. The molecule has 3 N–H and O–H groups in total. The molecule has 0 aromatic rings. The van der Waals surface area contributed by atoms with Gasteiger partial charge in [-0.05, 0) is 44.6 Å². The molecule has 3 heteroatoms. The minimum absolute atomic E-state index is 0.254. The smallest absolute Gasteiger partial charge is 0.223 e. The highest BCUT2D eigenvalue weighted by atomic mass is 16.1. The molecule has 0 atom stereocenters. The van der Waals surface area contributed by atoms with Crippen molar-refractivity contribution < 1.29 is 4.79 Å². The highest BCUT2D eigenvalue weighted by Gasteiger charge is 2.24. The summed E-state index contributed by atoms with van der Waals surface area (Å²) in [5.41, 5.74) is 5.64. The summed E-state index contributed by atoms with van der Waals surface area (Å²) in [6.07, 6.45) is 7.84. The average molecular weight is 226 g/mol. The molecule has 3 nitrogen and oxygen atoms in total.